The largest absolute Gasteiger partial charge is 0.481 e. The highest BCUT2D eigenvalue weighted by Gasteiger charge is 2.29. The fourth-order valence-corrected chi connectivity index (χ4v) is 3.05. The van der Waals surface area contributed by atoms with Gasteiger partial charge < -0.3 is 19.6 Å². The van der Waals surface area contributed by atoms with Crippen molar-refractivity contribution in [2.75, 3.05) is 20.8 Å². The van der Waals surface area contributed by atoms with Crippen LogP contribution in [0.2, 0.25) is 0 Å². The maximum atomic E-state index is 12.7. The number of ether oxygens (including phenoxy) is 2. The quantitative estimate of drug-likeness (QED) is 0.335. The van der Waals surface area contributed by atoms with Gasteiger partial charge in [-0.3, -0.25) is 9.78 Å². The van der Waals surface area contributed by atoms with E-state index in [1.54, 1.807) is 14.0 Å². The standard InChI is InChI=1S/C19H24IN3O4/c1-5-17(18(24)23-19(2,12-25-3)11-22-26-4)27-15-6-7-16-13(9-15)8-14(20)10-21-16/h6-11,17H,5,12H2,1-4H3,(H,23,24). The summed E-state index contributed by atoms with van der Waals surface area (Å²) in [6.07, 6.45) is 3.18. The van der Waals surface area contributed by atoms with Crippen LogP contribution in [0.15, 0.2) is 35.6 Å². The van der Waals surface area contributed by atoms with E-state index in [9.17, 15) is 4.79 Å². The van der Waals surface area contributed by atoms with Gasteiger partial charge in [0.15, 0.2) is 6.10 Å². The van der Waals surface area contributed by atoms with Crippen LogP contribution in [0.4, 0.5) is 0 Å². The molecule has 1 aromatic carbocycles. The number of aromatic nitrogens is 1. The molecule has 7 nitrogen and oxygen atoms in total. The molecule has 0 radical (unpaired) electrons. The van der Waals surface area contributed by atoms with E-state index in [0.717, 1.165) is 14.5 Å². The Kier molecular flexibility index (Phi) is 7.78. The Hall–Kier alpha value is -1.94. The summed E-state index contributed by atoms with van der Waals surface area (Å²) < 4.78 is 12.2. The van der Waals surface area contributed by atoms with Crippen molar-refractivity contribution in [3.63, 3.8) is 0 Å². The third kappa shape index (κ3) is 6.03. The number of pyridine rings is 1. The van der Waals surface area contributed by atoms with Crippen molar-refractivity contribution < 1.29 is 19.1 Å². The van der Waals surface area contributed by atoms with E-state index in [4.69, 9.17) is 14.3 Å². The van der Waals surface area contributed by atoms with Gasteiger partial charge in [0, 0.05) is 22.3 Å². The maximum Gasteiger partial charge on any atom is 0.261 e. The zero-order chi connectivity index (χ0) is 19.9. The van der Waals surface area contributed by atoms with Crippen molar-refractivity contribution in [3.05, 3.63) is 34.0 Å². The number of carbonyl (C=O) groups excluding carboxylic acids is 1. The zero-order valence-electron chi connectivity index (χ0n) is 15.9. The molecule has 2 atom stereocenters. The van der Waals surface area contributed by atoms with Crippen molar-refractivity contribution in [2.24, 2.45) is 5.16 Å². The lowest BCUT2D eigenvalue weighted by atomic mass is 10.0. The Morgan fingerprint density at radius 1 is 1.41 bits per heavy atom. The molecular formula is C19H24IN3O4. The molecule has 1 N–H and O–H groups in total. The first-order chi connectivity index (χ1) is 12.9. The minimum absolute atomic E-state index is 0.250. The van der Waals surface area contributed by atoms with Crippen molar-refractivity contribution in [1.29, 1.82) is 0 Å². The molecule has 0 spiro atoms. The van der Waals surface area contributed by atoms with Crippen molar-refractivity contribution in [2.45, 2.75) is 31.9 Å². The molecule has 27 heavy (non-hydrogen) atoms. The van der Waals surface area contributed by atoms with Crippen LogP contribution >= 0.6 is 22.6 Å². The minimum Gasteiger partial charge on any atom is -0.481 e. The molecule has 2 rings (SSSR count). The van der Waals surface area contributed by atoms with Crippen molar-refractivity contribution >= 4 is 45.6 Å². The fourth-order valence-electron chi connectivity index (χ4n) is 2.58. The molecule has 1 aromatic heterocycles. The molecule has 1 heterocycles. The van der Waals surface area contributed by atoms with Crippen LogP contribution < -0.4 is 10.1 Å². The Morgan fingerprint density at radius 3 is 2.85 bits per heavy atom. The van der Waals surface area contributed by atoms with E-state index in [-0.39, 0.29) is 12.5 Å². The second-order valence-electron chi connectivity index (χ2n) is 6.28. The Labute approximate surface area is 172 Å². The highest BCUT2D eigenvalue weighted by Crippen LogP contribution is 2.22. The molecule has 0 bridgehead atoms. The van der Waals surface area contributed by atoms with Crippen LogP contribution in [0.3, 0.4) is 0 Å². The fraction of sp³-hybridized carbons (Fsp3) is 0.421. The Bertz CT molecular complexity index is 815. The molecule has 0 aliphatic heterocycles. The molecule has 0 aliphatic rings. The maximum absolute atomic E-state index is 12.7. The third-order valence-electron chi connectivity index (χ3n) is 3.86. The van der Waals surface area contributed by atoms with E-state index in [2.05, 4.69) is 38.0 Å². The molecule has 146 valence electrons. The van der Waals surface area contributed by atoms with E-state index < -0.39 is 11.6 Å². The number of oxime groups is 1. The highest BCUT2D eigenvalue weighted by molar-refractivity contribution is 14.1. The third-order valence-corrected chi connectivity index (χ3v) is 4.45. The van der Waals surface area contributed by atoms with Crippen molar-refractivity contribution in [1.82, 2.24) is 10.3 Å². The molecule has 0 saturated heterocycles. The number of nitrogens with zero attached hydrogens (tertiary/aromatic N) is 2. The highest BCUT2D eigenvalue weighted by atomic mass is 127. The van der Waals surface area contributed by atoms with Gasteiger partial charge in [-0.05, 0) is 60.2 Å². The molecule has 8 heteroatoms. The second-order valence-corrected chi connectivity index (χ2v) is 7.53. The molecule has 2 unspecified atom stereocenters. The number of nitrogens with one attached hydrogen (secondary N) is 1. The number of carbonyl (C=O) groups is 1. The van der Waals surface area contributed by atoms with Crippen LogP contribution in [-0.2, 0) is 14.4 Å². The van der Waals surface area contributed by atoms with E-state index in [1.165, 1.54) is 13.3 Å². The monoisotopic (exact) mass is 485 g/mol. The lowest BCUT2D eigenvalue weighted by Crippen LogP contribution is -2.54. The van der Waals surface area contributed by atoms with Gasteiger partial charge in [0.2, 0.25) is 0 Å². The molecule has 2 aromatic rings. The zero-order valence-corrected chi connectivity index (χ0v) is 18.0. The summed E-state index contributed by atoms with van der Waals surface area (Å²) >= 11 is 2.21. The lowest BCUT2D eigenvalue weighted by Gasteiger charge is -2.28. The van der Waals surface area contributed by atoms with E-state index in [0.29, 0.717) is 12.2 Å². The minimum atomic E-state index is -0.804. The van der Waals surface area contributed by atoms with Gasteiger partial charge in [0.05, 0.1) is 23.9 Å². The average molecular weight is 485 g/mol. The van der Waals surface area contributed by atoms with Gasteiger partial charge in [-0.1, -0.05) is 12.1 Å². The molecule has 1 amide bonds. The number of amides is 1. The van der Waals surface area contributed by atoms with Crippen LogP contribution in [0, 0.1) is 3.57 Å². The van der Waals surface area contributed by atoms with E-state index in [1.807, 2.05) is 37.4 Å². The average Bonchev–Trinajstić information content (AvgIpc) is 2.64. The summed E-state index contributed by atoms with van der Waals surface area (Å²) in [7, 11) is 3.00. The molecule has 0 saturated carbocycles. The number of hydrogen-bond acceptors (Lipinski definition) is 6. The van der Waals surface area contributed by atoms with Crippen LogP contribution in [-0.4, -0.2) is 49.6 Å². The van der Waals surface area contributed by atoms with Gasteiger partial charge in [0.1, 0.15) is 12.9 Å². The van der Waals surface area contributed by atoms with Gasteiger partial charge >= 0.3 is 0 Å². The number of methoxy groups -OCH3 is 1. The topological polar surface area (TPSA) is 82.0 Å². The molecule has 0 aliphatic carbocycles. The first kappa shape index (κ1) is 21.4. The van der Waals surface area contributed by atoms with Gasteiger partial charge in [-0.2, -0.15) is 0 Å². The smallest absolute Gasteiger partial charge is 0.261 e. The van der Waals surface area contributed by atoms with Gasteiger partial charge in [-0.15, -0.1) is 0 Å². The van der Waals surface area contributed by atoms with Crippen molar-refractivity contribution in [3.8, 4) is 5.75 Å². The van der Waals surface area contributed by atoms with Crippen LogP contribution in [0.1, 0.15) is 20.3 Å². The molecular weight excluding hydrogens is 461 g/mol. The molecule has 0 fully saturated rings. The summed E-state index contributed by atoms with van der Waals surface area (Å²) in [5.41, 5.74) is 0.0749. The number of rotatable bonds is 9. The summed E-state index contributed by atoms with van der Waals surface area (Å²) in [6.45, 7) is 3.95. The summed E-state index contributed by atoms with van der Waals surface area (Å²) in [5.74, 6) is 0.368. The predicted molar refractivity (Wildman–Crippen MR) is 113 cm³/mol. The Morgan fingerprint density at radius 2 is 2.19 bits per heavy atom. The lowest BCUT2D eigenvalue weighted by molar-refractivity contribution is -0.129. The van der Waals surface area contributed by atoms with Gasteiger partial charge in [-0.25, -0.2) is 0 Å². The van der Waals surface area contributed by atoms with Gasteiger partial charge in [0.25, 0.3) is 5.91 Å². The normalized spacial score (nSPS) is 14.7. The van der Waals surface area contributed by atoms with Crippen LogP contribution in [0.5, 0.6) is 5.75 Å². The first-order valence-corrected chi connectivity index (χ1v) is 9.59. The SMILES string of the molecule is CCC(Oc1ccc2ncc(I)cc2c1)C(=O)NC(C)(C=NOC)COC. The van der Waals surface area contributed by atoms with Crippen LogP contribution in [0.25, 0.3) is 10.9 Å². The van der Waals surface area contributed by atoms with E-state index >= 15 is 0 Å². The number of hydrogen-bond donors (Lipinski definition) is 1. The number of fused-ring (bicyclic) bond motifs is 1. The first-order valence-electron chi connectivity index (χ1n) is 8.51. The second kappa shape index (κ2) is 9.84. The summed E-state index contributed by atoms with van der Waals surface area (Å²) in [4.78, 5) is 21.8. The number of halogens is 1. The Balaban J connectivity index is 2.15. The predicted octanol–water partition coefficient (Wildman–Crippen LogP) is 3.15. The summed E-state index contributed by atoms with van der Waals surface area (Å²) in [5, 5.41) is 7.64. The summed E-state index contributed by atoms with van der Waals surface area (Å²) in [6, 6.07) is 7.61. The number of benzene rings is 1.